The Kier molecular flexibility index (Phi) is 4.39. The van der Waals surface area contributed by atoms with E-state index in [-0.39, 0.29) is 6.04 Å². The highest BCUT2D eigenvalue weighted by molar-refractivity contribution is 7.98. The number of hydrogen-bond acceptors (Lipinski definition) is 3. The molecular weight excluding hydrogens is 240 g/mol. The SMILES string of the molecule is Cc1cc([C@@H](C)N)cnc1SCc1ccccc1. The average molecular weight is 258 g/mol. The number of hydrogen-bond donors (Lipinski definition) is 1. The minimum atomic E-state index is 0.0457. The van der Waals surface area contributed by atoms with Crippen molar-refractivity contribution in [1.82, 2.24) is 4.98 Å². The third-order valence-corrected chi connectivity index (χ3v) is 3.97. The monoisotopic (exact) mass is 258 g/mol. The zero-order chi connectivity index (χ0) is 13.0. The Morgan fingerprint density at radius 3 is 2.61 bits per heavy atom. The van der Waals surface area contributed by atoms with E-state index >= 15 is 0 Å². The fraction of sp³-hybridized carbons (Fsp3) is 0.267. The Morgan fingerprint density at radius 1 is 1.28 bits per heavy atom. The molecule has 2 rings (SSSR count). The van der Waals surface area contributed by atoms with E-state index in [1.54, 1.807) is 11.8 Å². The maximum atomic E-state index is 5.85. The lowest BCUT2D eigenvalue weighted by molar-refractivity contribution is 0.802. The number of aryl methyl sites for hydroxylation is 1. The number of thioether (sulfide) groups is 1. The smallest absolute Gasteiger partial charge is 0.0992 e. The van der Waals surface area contributed by atoms with Gasteiger partial charge in [0.15, 0.2) is 0 Å². The van der Waals surface area contributed by atoms with Crippen molar-refractivity contribution in [3.8, 4) is 0 Å². The lowest BCUT2D eigenvalue weighted by Gasteiger charge is -2.09. The van der Waals surface area contributed by atoms with Crippen molar-refractivity contribution in [3.05, 3.63) is 59.3 Å². The van der Waals surface area contributed by atoms with Crippen LogP contribution in [-0.4, -0.2) is 4.98 Å². The van der Waals surface area contributed by atoms with Gasteiger partial charge in [0.2, 0.25) is 0 Å². The maximum Gasteiger partial charge on any atom is 0.0992 e. The zero-order valence-electron chi connectivity index (χ0n) is 10.8. The van der Waals surface area contributed by atoms with Gasteiger partial charge in [0.1, 0.15) is 0 Å². The van der Waals surface area contributed by atoms with Crippen molar-refractivity contribution in [2.75, 3.05) is 0 Å². The van der Waals surface area contributed by atoms with Gasteiger partial charge in [-0.25, -0.2) is 4.98 Å². The topological polar surface area (TPSA) is 38.9 Å². The molecule has 0 bridgehead atoms. The Hall–Kier alpha value is -1.32. The summed E-state index contributed by atoms with van der Waals surface area (Å²) in [6, 6.07) is 12.6. The Labute approximate surface area is 113 Å². The largest absolute Gasteiger partial charge is 0.324 e. The molecular formula is C15H18N2S. The van der Waals surface area contributed by atoms with E-state index in [0.717, 1.165) is 16.3 Å². The molecule has 3 heteroatoms. The first-order chi connectivity index (χ1) is 8.66. The van der Waals surface area contributed by atoms with Crippen molar-refractivity contribution >= 4 is 11.8 Å². The lowest BCUT2D eigenvalue weighted by atomic mass is 10.1. The van der Waals surface area contributed by atoms with Crippen LogP contribution in [0.5, 0.6) is 0 Å². The van der Waals surface area contributed by atoms with E-state index in [9.17, 15) is 0 Å². The van der Waals surface area contributed by atoms with Crippen LogP contribution in [0.15, 0.2) is 47.6 Å². The van der Waals surface area contributed by atoms with Gasteiger partial charge in [-0.05, 0) is 30.5 Å². The molecule has 1 aromatic carbocycles. The third-order valence-electron chi connectivity index (χ3n) is 2.80. The molecule has 0 fully saturated rings. The highest BCUT2D eigenvalue weighted by Gasteiger charge is 2.05. The van der Waals surface area contributed by atoms with Crippen molar-refractivity contribution in [1.29, 1.82) is 0 Å². The average Bonchev–Trinajstić information content (AvgIpc) is 2.38. The van der Waals surface area contributed by atoms with E-state index in [1.165, 1.54) is 11.1 Å². The summed E-state index contributed by atoms with van der Waals surface area (Å²) in [5.74, 6) is 0.951. The fourth-order valence-electron chi connectivity index (χ4n) is 1.71. The molecule has 0 aliphatic heterocycles. The molecule has 0 radical (unpaired) electrons. The van der Waals surface area contributed by atoms with Gasteiger partial charge in [-0.3, -0.25) is 0 Å². The van der Waals surface area contributed by atoms with E-state index in [2.05, 4.69) is 42.2 Å². The second-order valence-electron chi connectivity index (χ2n) is 4.45. The summed E-state index contributed by atoms with van der Waals surface area (Å²) in [5, 5.41) is 1.09. The second-order valence-corrected chi connectivity index (χ2v) is 5.42. The second kappa shape index (κ2) is 6.03. The van der Waals surface area contributed by atoms with E-state index in [4.69, 9.17) is 5.73 Å². The minimum absolute atomic E-state index is 0.0457. The van der Waals surface area contributed by atoms with Gasteiger partial charge in [-0.2, -0.15) is 0 Å². The van der Waals surface area contributed by atoms with E-state index < -0.39 is 0 Å². The summed E-state index contributed by atoms with van der Waals surface area (Å²) < 4.78 is 0. The van der Waals surface area contributed by atoms with Crippen LogP contribution in [0, 0.1) is 6.92 Å². The summed E-state index contributed by atoms with van der Waals surface area (Å²) in [6.07, 6.45) is 1.88. The Bertz CT molecular complexity index is 509. The van der Waals surface area contributed by atoms with Crippen LogP contribution >= 0.6 is 11.8 Å². The quantitative estimate of drug-likeness (QED) is 0.850. The van der Waals surface area contributed by atoms with E-state index in [1.807, 2.05) is 19.2 Å². The number of nitrogens with zero attached hydrogens (tertiary/aromatic N) is 1. The minimum Gasteiger partial charge on any atom is -0.324 e. The van der Waals surface area contributed by atoms with Gasteiger partial charge < -0.3 is 5.73 Å². The molecule has 0 unspecified atom stereocenters. The molecule has 1 aromatic heterocycles. The predicted molar refractivity (Wildman–Crippen MR) is 77.6 cm³/mol. The fourth-order valence-corrected chi connectivity index (χ4v) is 2.62. The highest BCUT2D eigenvalue weighted by atomic mass is 32.2. The molecule has 0 saturated heterocycles. The Morgan fingerprint density at radius 2 is 2.00 bits per heavy atom. The Balaban J connectivity index is 2.06. The van der Waals surface area contributed by atoms with Crippen molar-refractivity contribution in [2.45, 2.75) is 30.7 Å². The molecule has 0 aliphatic rings. The van der Waals surface area contributed by atoms with Crippen molar-refractivity contribution in [3.63, 3.8) is 0 Å². The van der Waals surface area contributed by atoms with Crippen molar-refractivity contribution in [2.24, 2.45) is 5.73 Å². The van der Waals surface area contributed by atoms with E-state index in [0.29, 0.717) is 0 Å². The molecule has 0 spiro atoms. The van der Waals surface area contributed by atoms with Gasteiger partial charge in [-0.15, -0.1) is 11.8 Å². The van der Waals surface area contributed by atoms with Gasteiger partial charge in [0.05, 0.1) is 5.03 Å². The van der Waals surface area contributed by atoms with Gasteiger partial charge >= 0.3 is 0 Å². The van der Waals surface area contributed by atoms with Crippen LogP contribution < -0.4 is 5.73 Å². The lowest BCUT2D eigenvalue weighted by Crippen LogP contribution is -2.06. The molecule has 2 aromatic rings. The summed E-state index contributed by atoms with van der Waals surface area (Å²) in [4.78, 5) is 4.50. The molecule has 0 saturated carbocycles. The summed E-state index contributed by atoms with van der Waals surface area (Å²) in [6.45, 7) is 4.07. The number of aromatic nitrogens is 1. The first-order valence-electron chi connectivity index (χ1n) is 6.05. The van der Waals surface area contributed by atoms with Gasteiger partial charge in [0, 0.05) is 18.0 Å². The normalized spacial score (nSPS) is 12.4. The summed E-state index contributed by atoms with van der Waals surface area (Å²) >= 11 is 1.77. The molecule has 2 nitrogen and oxygen atoms in total. The molecule has 0 aliphatic carbocycles. The van der Waals surface area contributed by atoms with Crippen LogP contribution in [0.4, 0.5) is 0 Å². The molecule has 0 amide bonds. The molecule has 2 N–H and O–H groups in total. The summed E-state index contributed by atoms with van der Waals surface area (Å²) in [5.41, 5.74) is 9.46. The maximum absolute atomic E-state index is 5.85. The van der Waals surface area contributed by atoms with Crippen molar-refractivity contribution < 1.29 is 0 Å². The first kappa shape index (κ1) is 13.1. The van der Waals surface area contributed by atoms with Gasteiger partial charge in [-0.1, -0.05) is 36.4 Å². The molecule has 94 valence electrons. The highest BCUT2D eigenvalue weighted by Crippen LogP contribution is 2.25. The number of pyridine rings is 1. The third kappa shape index (κ3) is 3.34. The van der Waals surface area contributed by atoms with Crippen LogP contribution in [0.2, 0.25) is 0 Å². The van der Waals surface area contributed by atoms with Crippen LogP contribution in [0.1, 0.15) is 29.7 Å². The van der Waals surface area contributed by atoms with Crippen LogP contribution in [-0.2, 0) is 5.75 Å². The number of rotatable bonds is 4. The first-order valence-corrected chi connectivity index (χ1v) is 7.04. The van der Waals surface area contributed by atoms with Crippen LogP contribution in [0.3, 0.4) is 0 Å². The number of benzene rings is 1. The van der Waals surface area contributed by atoms with Crippen LogP contribution in [0.25, 0.3) is 0 Å². The predicted octanol–water partition coefficient (Wildman–Crippen LogP) is 3.70. The standard InChI is InChI=1S/C15H18N2S/c1-11-8-14(12(2)16)9-17-15(11)18-10-13-6-4-3-5-7-13/h3-9,12H,10,16H2,1-2H3/t12-/m1/s1. The zero-order valence-corrected chi connectivity index (χ0v) is 11.6. The molecule has 1 heterocycles. The molecule has 1 atom stereocenters. The summed E-state index contributed by atoms with van der Waals surface area (Å²) in [7, 11) is 0. The molecule has 18 heavy (non-hydrogen) atoms. The van der Waals surface area contributed by atoms with Gasteiger partial charge in [0.25, 0.3) is 0 Å². The number of nitrogens with two attached hydrogens (primary N) is 1.